The van der Waals surface area contributed by atoms with E-state index in [9.17, 15) is 0 Å². The predicted octanol–water partition coefficient (Wildman–Crippen LogP) is 8.91. The maximum atomic E-state index is 6.04. The standard InChI is InChI=1S/C24H51O3P/c1-7-10-13-22(4)16-19-25-28(26-20-17-23(5)14-11-8-2)27-21-18-24(6)15-12-9-3/h22-24H,7-21H2,1-6H3. The molecule has 0 radical (unpaired) electrons. The summed E-state index contributed by atoms with van der Waals surface area (Å²) in [5.41, 5.74) is 0. The minimum absolute atomic E-state index is 0.722. The summed E-state index contributed by atoms with van der Waals surface area (Å²) in [6.07, 6.45) is 15.0. The summed E-state index contributed by atoms with van der Waals surface area (Å²) in [4.78, 5) is 0. The van der Waals surface area contributed by atoms with Gasteiger partial charge in [0.25, 0.3) is 0 Å². The first kappa shape index (κ1) is 28.3. The maximum Gasteiger partial charge on any atom is 0.332 e. The Morgan fingerprint density at radius 2 is 0.786 bits per heavy atom. The normalized spacial score (nSPS) is 16.1. The van der Waals surface area contributed by atoms with Crippen molar-refractivity contribution in [3.8, 4) is 0 Å². The molecule has 0 aromatic carbocycles. The molecule has 4 heteroatoms. The Morgan fingerprint density at radius 1 is 0.500 bits per heavy atom. The van der Waals surface area contributed by atoms with E-state index in [1.54, 1.807) is 0 Å². The van der Waals surface area contributed by atoms with Gasteiger partial charge in [0.2, 0.25) is 0 Å². The summed E-state index contributed by atoms with van der Waals surface area (Å²) in [5.74, 6) is 2.17. The summed E-state index contributed by atoms with van der Waals surface area (Å²) < 4.78 is 18.1. The van der Waals surface area contributed by atoms with Gasteiger partial charge in [0.05, 0.1) is 19.8 Å². The zero-order valence-corrected chi connectivity index (χ0v) is 20.9. The van der Waals surface area contributed by atoms with Crippen LogP contribution >= 0.6 is 8.60 Å². The molecule has 0 N–H and O–H groups in total. The Balaban J connectivity index is 4.17. The lowest BCUT2D eigenvalue weighted by Gasteiger charge is -2.20. The van der Waals surface area contributed by atoms with Gasteiger partial charge in [-0.15, -0.1) is 0 Å². The van der Waals surface area contributed by atoms with E-state index in [1.807, 2.05) is 0 Å². The van der Waals surface area contributed by atoms with Crippen molar-refractivity contribution >= 4 is 8.60 Å². The van der Waals surface area contributed by atoms with E-state index in [1.165, 1.54) is 57.8 Å². The highest BCUT2D eigenvalue weighted by molar-refractivity contribution is 7.41. The van der Waals surface area contributed by atoms with Gasteiger partial charge in [-0.05, 0) is 37.0 Å². The quantitative estimate of drug-likeness (QED) is 0.174. The molecule has 28 heavy (non-hydrogen) atoms. The molecule has 0 heterocycles. The number of rotatable bonds is 21. The first-order chi connectivity index (χ1) is 13.5. The van der Waals surface area contributed by atoms with Gasteiger partial charge in [0, 0.05) is 0 Å². The average Bonchev–Trinajstić information content (AvgIpc) is 2.68. The molecular weight excluding hydrogens is 367 g/mol. The van der Waals surface area contributed by atoms with E-state index in [2.05, 4.69) is 41.5 Å². The molecular formula is C24H51O3P. The molecule has 0 aliphatic rings. The highest BCUT2D eigenvalue weighted by atomic mass is 31.2. The van der Waals surface area contributed by atoms with Crippen LogP contribution in [-0.4, -0.2) is 19.8 Å². The van der Waals surface area contributed by atoms with Crippen molar-refractivity contribution in [2.45, 2.75) is 119 Å². The summed E-state index contributed by atoms with van der Waals surface area (Å²) >= 11 is 0. The van der Waals surface area contributed by atoms with Crippen molar-refractivity contribution in [2.24, 2.45) is 17.8 Å². The molecule has 0 saturated carbocycles. The van der Waals surface area contributed by atoms with E-state index >= 15 is 0 Å². The SMILES string of the molecule is CCCCC(C)CCOP(OCCC(C)CCCC)OCCC(C)CCCC. The molecule has 0 saturated heterocycles. The summed E-state index contributed by atoms with van der Waals surface area (Å²) in [5, 5.41) is 0. The third kappa shape index (κ3) is 18.3. The third-order valence-electron chi connectivity index (χ3n) is 5.57. The highest BCUT2D eigenvalue weighted by Gasteiger charge is 2.15. The fraction of sp³-hybridized carbons (Fsp3) is 1.00. The average molecular weight is 419 g/mol. The van der Waals surface area contributed by atoms with E-state index in [0.29, 0.717) is 0 Å². The van der Waals surface area contributed by atoms with Gasteiger partial charge >= 0.3 is 8.60 Å². The van der Waals surface area contributed by atoms with Crippen LogP contribution in [0.2, 0.25) is 0 Å². The Bertz CT molecular complexity index is 267. The van der Waals surface area contributed by atoms with Gasteiger partial charge in [0.15, 0.2) is 0 Å². The van der Waals surface area contributed by atoms with Gasteiger partial charge in [-0.1, -0.05) is 99.3 Å². The monoisotopic (exact) mass is 418 g/mol. The second-order valence-corrected chi connectivity index (χ2v) is 10.1. The van der Waals surface area contributed by atoms with Crippen molar-refractivity contribution in [1.82, 2.24) is 0 Å². The van der Waals surface area contributed by atoms with Gasteiger partial charge in [-0.3, -0.25) is 0 Å². The Morgan fingerprint density at radius 3 is 1.04 bits per heavy atom. The van der Waals surface area contributed by atoms with Crippen LogP contribution in [0.1, 0.15) is 119 Å². The first-order valence-electron chi connectivity index (χ1n) is 12.2. The molecule has 3 unspecified atom stereocenters. The molecule has 0 spiro atoms. The van der Waals surface area contributed by atoms with Crippen molar-refractivity contribution in [2.75, 3.05) is 19.8 Å². The lowest BCUT2D eigenvalue weighted by atomic mass is 10.0. The van der Waals surface area contributed by atoms with Crippen LogP contribution in [-0.2, 0) is 13.6 Å². The van der Waals surface area contributed by atoms with Crippen LogP contribution in [0.25, 0.3) is 0 Å². The molecule has 0 fully saturated rings. The topological polar surface area (TPSA) is 27.7 Å². The van der Waals surface area contributed by atoms with E-state index < -0.39 is 8.60 Å². The molecule has 0 aromatic rings. The Labute approximate surface area is 178 Å². The lowest BCUT2D eigenvalue weighted by molar-refractivity contribution is 0.141. The van der Waals surface area contributed by atoms with Crippen LogP contribution < -0.4 is 0 Å². The molecule has 0 amide bonds. The van der Waals surface area contributed by atoms with Gasteiger partial charge in [-0.25, -0.2) is 0 Å². The lowest BCUT2D eigenvalue weighted by Crippen LogP contribution is -2.06. The fourth-order valence-electron chi connectivity index (χ4n) is 3.19. The summed E-state index contributed by atoms with van der Waals surface area (Å²) in [7, 11) is -1.19. The molecule has 3 nitrogen and oxygen atoms in total. The van der Waals surface area contributed by atoms with Crippen LogP contribution in [0, 0.1) is 17.8 Å². The van der Waals surface area contributed by atoms with Crippen molar-refractivity contribution in [3.63, 3.8) is 0 Å². The van der Waals surface area contributed by atoms with Gasteiger partial charge in [-0.2, -0.15) is 0 Å². The zero-order chi connectivity index (χ0) is 21.0. The van der Waals surface area contributed by atoms with Crippen LogP contribution in [0.4, 0.5) is 0 Å². The number of unbranched alkanes of at least 4 members (excludes halogenated alkanes) is 3. The highest BCUT2D eigenvalue weighted by Crippen LogP contribution is 2.41. The number of hydrogen-bond donors (Lipinski definition) is 0. The number of hydrogen-bond acceptors (Lipinski definition) is 3. The largest absolute Gasteiger partial charge is 0.332 e. The van der Waals surface area contributed by atoms with Crippen molar-refractivity contribution in [3.05, 3.63) is 0 Å². The third-order valence-corrected chi connectivity index (χ3v) is 6.75. The summed E-state index contributed by atoms with van der Waals surface area (Å²) in [6.45, 7) is 16.0. The van der Waals surface area contributed by atoms with E-state index in [0.717, 1.165) is 56.8 Å². The molecule has 0 rings (SSSR count). The smallest absolute Gasteiger partial charge is 0.312 e. The van der Waals surface area contributed by atoms with Gasteiger partial charge < -0.3 is 13.6 Å². The molecule has 0 bridgehead atoms. The van der Waals surface area contributed by atoms with Crippen molar-refractivity contribution in [1.29, 1.82) is 0 Å². The minimum atomic E-state index is -1.19. The Hall–Kier alpha value is 0.310. The fourth-order valence-corrected chi connectivity index (χ4v) is 4.17. The first-order valence-corrected chi connectivity index (χ1v) is 13.3. The van der Waals surface area contributed by atoms with Crippen LogP contribution in [0.5, 0.6) is 0 Å². The van der Waals surface area contributed by atoms with E-state index in [-0.39, 0.29) is 0 Å². The van der Waals surface area contributed by atoms with E-state index in [4.69, 9.17) is 13.6 Å². The second-order valence-electron chi connectivity index (χ2n) is 8.83. The molecule has 0 aromatic heterocycles. The van der Waals surface area contributed by atoms with Crippen LogP contribution in [0.15, 0.2) is 0 Å². The molecule has 0 aliphatic heterocycles. The predicted molar refractivity (Wildman–Crippen MR) is 125 cm³/mol. The second kappa shape index (κ2) is 20.6. The van der Waals surface area contributed by atoms with Crippen molar-refractivity contribution < 1.29 is 13.6 Å². The van der Waals surface area contributed by atoms with Crippen LogP contribution in [0.3, 0.4) is 0 Å². The zero-order valence-electron chi connectivity index (χ0n) is 20.0. The summed E-state index contributed by atoms with van der Waals surface area (Å²) in [6, 6.07) is 0. The minimum Gasteiger partial charge on any atom is -0.312 e. The molecule has 170 valence electrons. The van der Waals surface area contributed by atoms with Gasteiger partial charge in [0.1, 0.15) is 0 Å². The molecule has 3 atom stereocenters. The Kier molecular flexibility index (Phi) is 20.8. The molecule has 0 aliphatic carbocycles. The maximum absolute atomic E-state index is 6.04.